The number of halogens is 2. The summed E-state index contributed by atoms with van der Waals surface area (Å²) in [6.07, 6.45) is 4.05. The zero-order valence-electron chi connectivity index (χ0n) is 8.71. The molecule has 0 aromatic carbocycles. The molecule has 0 atom stereocenters. The van der Waals surface area contributed by atoms with Gasteiger partial charge in [0.25, 0.3) is 10.0 Å². The van der Waals surface area contributed by atoms with Crippen LogP contribution in [0.1, 0.15) is 0 Å². The summed E-state index contributed by atoms with van der Waals surface area (Å²) in [7, 11) is -3.78. The quantitative estimate of drug-likeness (QED) is 0.858. The average Bonchev–Trinajstić information content (AvgIpc) is 2.28. The number of sulfonamides is 1. The number of hydrogen-bond acceptors (Lipinski definition) is 5. The highest BCUT2D eigenvalue weighted by molar-refractivity contribution is 9.10. The van der Waals surface area contributed by atoms with Crippen molar-refractivity contribution in [1.82, 2.24) is 15.0 Å². The van der Waals surface area contributed by atoms with E-state index in [0.717, 1.165) is 0 Å². The molecule has 94 valence electrons. The molecule has 0 aliphatic heterocycles. The van der Waals surface area contributed by atoms with Crippen LogP contribution in [0.5, 0.6) is 0 Å². The van der Waals surface area contributed by atoms with Gasteiger partial charge in [0.05, 0.1) is 0 Å². The second-order valence-corrected chi connectivity index (χ2v) is 6.13. The van der Waals surface area contributed by atoms with Crippen molar-refractivity contribution in [3.8, 4) is 0 Å². The molecule has 0 fully saturated rings. The zero-order chi connectivity index (χ0) is 13.2. The number of pyridine rings is 1. The second kappa shape index (κ2) is 5.17. The van der Waals surface area contributed by atoms with Crippen molar-refractivity contribution >= 4 is 43.5 Å². The Balaban J connectivity index is 2.33. The van der Waals surface area contributed by atoms with Gasteiger partial charge in [0, 0.05) is 23.1 Å². The van der Waals surface area contributed by atoms with Crippen LogP contribution in [0.3, 0.4) is 0 Å². The molecule has 0 bridgehead atoms. The van der Waals surface area contributed by atoms with Crippen molar-refractivity contribution in [1.29, 1.82) is 0 Å². The van der Waals surface area contributed by atoms with E-state index >= 15 is 0 Å². The molecule has 2 rings (SSSR count). The van der Waals surface area contributed by atoms with Crippen molar-refractivity contribution in [3.63, 3.8) is 0 Å². The fourth-order valence-corrected chi connectivity index (χ4v) is 2.70. The van der Waals surface area contributed by atoms with Crippen LogP contribution >= 0.6 is 27.5 Å². The molecule has 0 aliphatic rings. The van der Waals surface area contributed by atoms with E-state index in [-0.39, 0.29) is 16.0 Å². The number of hydrogen-bond donors (Lipinski definition) is 1. The molecule has 2 aromatic rings. The molecule has 1 N–H and O–H groups in total. The summed E-state index contributed by atoms with van der Waals surface area (Å²) in [5.41, 5.74) is 0. The lowest BCUT2D eigenvalue weighted by molar-refractivity contribution is 0.600. The third kappa shape index (κ3) is 3.15. The molecule has 0 amide bonds. The summed E-state index contributed by atoms with van der Waals surface area (Å²) in [6, 6.07) is 2.86. The molecular formula is C9H6BrClN4O2S. The Morgan fingerprint density at radius 3 is 2.78 bits per heavy atom. The molecule has 9 heteroatoms. The maximum Gasteiger partial charge on any atom is 0.265 e. The van der Waals surface area contributed by atoms with Crippen LogP contribution in [0.4, 0.5) is 5.95 Å². The summed E-state index contributed by atoms with van der Waals surface area (Å²) in [5.74, 6) is -0.0949. The lowest BCUT2D eigenvalue weighted by Gasteiger charge is -2.06. The van der Waals surface area contributed by atoms with Crippen molar-refractivity contribution in [2.45, 2.75) is 4.90 Å². The summed E-state index contributed by atoms with van der Waals surface area (Å²) in [4.78, 5) is 11.3. The average molecular weight is 350 g/mol. The van der Waals surface area contributed by atoms with E-state index in [1.165, 1.54) is 30.7 Å². The Morgan fingerprint density at radius 2 is 2.11 bits per heavy atom. The predicted molar refractivity (Wildman–Crippen MR) is 69.8 cm³/mol. The molecule has 2 aromatic heterocycles. The molecule has 0 radical (unpaired) electrons. The Kier molecular flexibility index (Phi) is 3.79. The Hall–Kier alpha value is -1.25. The monoisotopic (exact) mass is 348 g/mol. The minimum absolute atomic E-state index is 0.000417. The molecule has 0 aliphatic carbocycles. The van der Waals surface area contributed by atoms with Gasteiger partial charge in [-0.25, -0.2) is 23.1 Å². The Bertz CT molecular complexity index is 680. The standard InChI is InChI=1S/C9H6BrClN4O2S/c10-6-3-7(5-12-4-6)18(16,17)15-9-13-2-1-8(11)14-9/h1-5H,(H,13,14,15). The number of rotatable bonds is 3. The summed E-state index contributed by atoms with van der Waals surface area (Å²) >= 11 is 8.78. The molecular weight excluding hydrogens is 344 g/mol. The summed E-state index contributed by atoms with van der Waals surface area (Å²) in [5, 5.41) is 0.148. The van der Waals surface area contributed by atoms with Crippen molar-refractivity contribution in [3.05, 3.63) is 40.3 Å². The van der Waals surface area contributed by atoms with Gasteiger partial charge in [0.15, 0.2) is 0 Å². The van der Waals surface area contributed by atoms with E-state index in [2.05, 4.69) is 35.6 Å². The summed E-state index contributed by atoms with van der Waals surface area (Å²) < 4.78 is 26.7. The van der Waals surface area contributed by atoms with Crippen LogP contribution in [0, 0.1) is 0 Å². The maximum absolute atomic E-state index is 12.0. The first-order valence-corrected chi connectivity index (χ1v) is 7.25. The van der Waals surface area contributed by atoms with E-state index < -0.39 is 10.0 Å². The van der Waals surface area contributed by atoms with Gasteiger partial charge in [-0.15, -0.1) is 0 Å². The highest BCUT2D eigenvalue weighted by atomic mass is 79.9. The van der Waals surface area contributed by atoms with Gasteiger partial charge in [0.2, 0.25) is 5.95 Å². The number of nitrogens with zero attached hydrogens (tertiary/aromatic N) is 3. The molecule has 0 spiro atoms. The minimum atomic E-state index is -3.78. The number of nitrogens with one attached hydrogen (secondary N) is 1. The van der Waals surface area contributed by atoms with Crippen molar-refractivity contribution < 1.29 is 8.42 Å². The third-order valence-corrected chi connectivity index (χ3v) is 3.78. The fourth-order valence-electron chi connectivity index (χ4n) is 1.10. The second-order valence-electron chi connectivity index (χ2n) is 3.15. The van der Waals surface area contributed by atoms with Crippen molar-refractivity contribution in [2.24, 2.45) is 0 Å². The normalized spacial score (nSPS) is 11.2. The SMILES string of the molecule is O=S(=O)(Nc1nccc(Cl)n1)c1cncc(Br)c1. The van der Waals surface area contributed by atoms with E-state index in [1.54, 1.807) is 0 Å². The molecule has 2 heterocycles. The minimum Gasteiger partial charge on any atom is -0.262 e. The lowest BCUT2D eigenvalue weighted by atomic mass is 10.5. The van der Waals surface area contributed by atoms with E-state index in [4.69, 9.17) is 11.6 Å². The Morgan fingerprint density at radius 1 is 1.33 bits per heavy atom. The van der Waals surface area contributed by atoms with Crippen LogP contribution in [0.25, 0.3) is 0 Å². The smallest absolute Gasteiger partial charge is 0.262 e. The van der Waals surface area contributed by atoms with Crippen LogP contribution in [0.2, 0.25) is 5.15 Å². The van der Waals surface area contributed by atoms with Crippen molar-refractivity contribution in [2.75, 3.05) is 4.72 Å². The molecule has 0 saturated carbocycles. The van der Waals surface area contributed by atoms with Crippen LogP contribution in [-0.2, 0) is 10.0 Å². The highest BCUT2D eigenvalue weighted by Crippen LogP contribution is 2.17. The van der Waals surface area contributed by atoms with E-state index in [1.807, 2.05) is 0 Å². The predicted octanol–water partition coefficient (Wildman–Crippen LogP) is 2.09. The molecule has 0 saturated heterocycles. The fraction of sp³-hybridized carbons (Fsp3) is 0. The van der Waals surface area contributed by atoms with Gasteiger partial charge in [-0.2, -0.15) is 0 Å². The van der Waals surface area contributed by atoms with E-state index in [9.17, 15) is 8.42 Å². The first kappa shape index (κ1) is 13.2. The van der Waals surface area contributed by atoms with Gasteiger partial charge in [-0.3, -0.25) is 4.98 Å². The van der Waals surface area contributed by atoms with Gasteiger partial charge in [0.1, 0.15) is 10.0 Å². The maximum atomic E-state index is 12.0. The first-order chi connectivity index (χ1) is 8.47. The topological polar surface area (TPSA) is 84.8 Å². The largest absolute Gasteiger partial charge is 0.265 e. The molecule has 0 unspecified atom stereocenters. The molecule has 18 heavy (non-hydrogen) atoms. The van der Waals surface area contributed by atoms with Crippen LogP contribution in [0.15, 0.2) is 40.1 Å². The van der Waals surface area contributed by atoms with Gasteiger partial charge in [-0.1, -0.05) is 11.6 Å². The van der Waals surface area contributed by atoms with Gasteiger partial charge in [-0.05, 0) is 28.1 Å². The Labute approximate surface area is 117 Å². The number of anilines is 1. The molecule has 6 nitrogen and oxygen atoms in total. The van der Waals surface area contributed by atoms with Gasteiger partial charge >= 0.3 is 0 Å². The highest BCUT2D eigenvalue weighted by Gasteiger charge is 2.16. The zero-order valence-corrected chi connectivity index (χ0v) is 11.9. The number of aromatic nitrogens is 3. The van der Waals surface area contributed by atoms with Crippen LogP contribution < -0.4 is 4.72 Å². The van der Waals surface area contributed by atoms with Gasteiger partial charge < -0.3 is 0 Å². The first-order valence-electron chi connectivity index (χ1n) is 4.59. The van der Waals surface area contributed by atoms with Crippen LogP contribution in [-0.4, -0.2) is 23.4 Å². The third-order valence-electron chi connectivity index (χ3n) is 1.84. The summed E-state index contributed by atoms with van der Waals surface area (Å²) in [6.45, 7) is 0. The van der Waals surface area contributed by atoms with E-state index in [0.29, 0.717) is 4.47 Å². The lowest BCUT2D eigenvalue weighted by Crippen LogP contribution is -2.15.